The minimum absolute atomic E-state index is 0.0398. The lowest BCUT2D eigenvalue weighted by Crippen LogP contribution is -2.45. The van der Waals surface area contributed by atoms with Crippen molar-refractivity contribution in [1.82, 2.24) is 15.0 Å². The van der Waals surface area contributed by atoms with Crippen molar-refractivity contribution in [1.29, 1.82) is 0 Å². The van der Waals surface area contributed by atoms with Gasteiger partial charge in [0.05, 0.1) is 35.1 Å². The number of nitrogens with zero attached hydrogens (tertiary/aromatic N) is 4. The third-order valence-corrected chi connectivity index (χ3v) is 7.10. The van der Waals surface area contributed by atoms with Gasteiger partial charge in [0, 0.05) is 17.1 Å². The van der Waals surface area contributed by atoms with E-state index in [2.05, 4.69) is 10.3 Å². The number of halogens is 2. The number of aryl methyl sites for hydroxylation is 1. The number of rotatable bonds is 4. The van der Waals surface area contributed by atoms with Gasteiger partial charge in [-0.2, -0.15) is 0 Å². The maximum atomic E-state index is 15.0. The Morgan fingerprint density at radius 2 is 1.97 bits per heavy atom. The molecule has 0 bridgehead atoms. The average molecular weight is 464 g/mol. The van der Waals surface area contributed by atoms with Gasteiger partial charge in [-0.1, -0.05) is 28.9 Å². The molecular formula is C20H19ClFN5O3S. The van der Waals surface area contributed by atoms with Crippen LogP contribution >= 0.6 is 11.6 Å². The number of sulfone groups is 1. The predicted molar refractivity (Wildman–Crippen MR) is 114 cm³/mol. The summed E-state index contributed by atoms with van der Waals surface area (Å²) in [6, 6.07) is 7.72. The summed E-state index contributed by atoms with van der Waals surface area (Å²) >= 11 is 5.93. The Morgan fingerprint density at radius 3 is 2.61 bits per heavy atom. The Bertz CT molecular complexity index is 1260. The van der Waals surface area contributed by atoms with Crippen molar-refractivity contribution in [3.05, 3.63) is 59.0 Å². The molecule has 1 aliphatic rings. The number of fused-ring (bicyclic) bond motifs is 1. The van der Waals surface area contributed by atoms with Crippen LogP contribution in [0.1, 0.15) is 12.5 Å². The van der Waals surface area contributed by atoms with E-state index < -0.39 is 33.4 Å². The zero-order valence-corrected chi connectivity index (χ0v) is 18.1. The molecule has 1 aromatic heterocycles. The van der Waals surface area contributed by atoms with Crippen LogP contribution in [0.4, 0.5) is 10.1 Å². The topological polar surface area (TPSA) is 111 Å². The lowest BCUT2D eigenvalue weighted by atomic mass is 10.1. The van der Waals surface area contributed by atoms with E-state index in [-0.39, 0.29) is 28.4 Å². The van der Waals surface area contributed by atoms with Crippen molar-refractivity contribution in [3.63, 3.8) is 0 Å². The molecule has 8 nitrogen and oxygen atoms in total. The fourth-order valence-electron chi connectivity index (χ4n) is 3.43. The summed E-state index contributed by atoms with van der Waals surface area (Å²) in [6.07, 6.45) is 1.55. The van der Waals surface area contributed by atoms with Crippen LogP contribution in [0.25, 0.3) is 11.3 Å². The van der Waals surface area contributed by atoms with Crippen molar-refractivity contribution in [2.24, 2.45) is 5.73 Å². The molecule has 0 saturated carbocycles. The van der Waals surface area contributed by atoms with Crippen LogP contribution < -0.4 is 10.6 Å². The maximum Gasteiger partial charge on any atom is 0.245 e. The second-order valence-electron chi connectivity index (χ2n) is 7.20. The second-order valence-corrected chi connectivity index (χ2v) is 9.64. The summed E-state index contributed by atoms with van der Waals surface area (Å²) < 4.78 is 42.2. The molecule has 162 valence electrons. The zero-order chi connectivity index (χ0) is 22.3. The first-order valence-corrected chi connectivity index (χ1v) is 11.5. The van der Waals surface area contributed by atoms with Crippen molar-refractivity contribution < 1.29 is 17.6 Å². The molecule has 31 heavy (non-hydrogen) atoms. The van der Waals surface area contributed by atoms with Crippen LogP contribution in [-0.2, 0) is 27.7 Å². The molecule has 2 aromatic carbocycles. The molecule has 0 saturated heterocycles. The minimum Gasteiger partial charge on any atom is -0.319 e. The van der Waals surface area contributed by atoms with Gasteiger partial charge in [-0.05, 0) is 36.8 Å². The Labute approximate surface area is 183 Å². The minimum atomic E-state index is -4.00. The number of hydrogen-bond acceptors (Lipinski definition) is 6. The highest BCUT2D eigenvalue weighted by Crippen LogP contribution is 2.36. The summed E-state index contributed by atoms with van der Waals surface area (Å²) in [5.41, 5.74) is 6.93. The van der Waals surface area contributed by atoms with Gasteiger partial charge >= 0.3 is 0 Å². The van der Waals surface area contributed by atoms with Crippen LogP contribution in [-0.4, -0.2) is 41.1 Å². The van der Waals surface area contributed by atoms with E-state index in [0.717, 1.165) is 6.07 Å². The number of hydrogen-bond donors (Lipinski definition) is 1. The van der Waals surface area contributed by atoms with Crippen LogP contribution in [0.3, 0.4) is 0 Å². The van der Waals surface area contributed by atoms with E-state index in [1.807, 2.05) is 6.92 Å². The van der Waals surface area contributed by atoms with Crippen LogP contribution in [0.5, 0.6) is 0 Å². The maximum absolute atomic E-state index is 15.0. The van der Waals surface area contributed by atoms with Crippen LogP contribution in [0.2, 0.25) is 5.02 Å². The molecule has 1 atom stereocenters. The Balaban J connectivity index is 1.90. The number of benzene rings is 2. The van der Waals surface area contributed by atoms with Crippen LogP contribution in [0, 0.1) is 5.82 Å². The van der Waals surface area contributed by atoms with Gasteiger partial charge in [-0.25, -0.2) is 12.8 Å². The highest BCUT2D eigenvalue weighted by atomic mass is 35.5. The molecule has 0 unspecified atom stereocenters. The first-order valence-electron chi connectivity index (χ1n) is 9.48. The lowest BCUT2D eigenvalue weighted by Gasteiger charge is -2.24. The predicted octanol–water partition coefficient (Wildman–Crippen LogP) is 2.41. The van der Waals surface area contributed by atoms with E-state index in [9.17, 15) is 17.6 Å². The van der Waals surface area contributed by atoms with E-state index in [4.69, 9.17) is 17.3 Å². The smallest absolute Gasteiger partial charge is 0.245 e. The molecule has 4 rings (SSSR count). The molecular weight excluding hydrogens is 445 g/mol. The van der Waals surface area contributed by atoms with E-state index >= 15 is 0 Å². The Morgan fingerprint density at radius 1 is 1.26 bits per heavy atom. The molecule has 1 amide bonds. The normalized spacial score (nSPS) is 18.0. The van der Waals surface area contributed by atoms with Crippen molar-refractivity contribution in [2.75, 3.05) is 10.7 Å². The second kappa shape index (κ2) is 8.03. The van der Waals surface area contributed by atoms with Gasteiger partial charge in [0.15, 0.2) is 9.84 Å². The number of nitrogens with two attached hydrogens (primary N) is 1. The van der Waals surface area contributed by atoms with Crippen molar-refractivity contribution in [3.8, 4) is 11.3 Å². The molecule has 0 aliphatic carbocycles. The molecule has 2 N–H and O–H groups in total. The Kier molecular flexibility index (Phi) is 5.54. The molecule has 0 spiro atoms. The van der Waals surface area contributed by atoms with Gasteiger partial charge < -0.3 is 10.6 Å². The van der Waals surface area contributed by atoms with Gasteiger partial charge in [0.25, 0.3) is 0 Å². The summed E-state index contributed by atoms with van der Waals surface area (Å²) in [6.45, 7) is 2.43. The first kappa shape index (κ1) is 21.4. The SMILES string of the molecule is CCn1cc(-c2cc3c(cc2F)S(=O)(=O)C[C@H](N)C(=O)N3Cc2ccc(Cl)cc2)nn1. The number of carbonyl (C=O) groups excluding carboxylic acids is 1. The van der Waals surface area contributed by atoms with E-state index in [0.29, 0.717) is 17.1 Å². The summed E-state index contributed by atoms with van der Waals surface area (Å²) in [5.74, 6) is -1.97. The number of amides is 1. The number of carbonyl (C=O) groups is 1. The third-order valence-electron chi connectivity index (χ3n) is 5.05. The van der Waals surface area contributed by atoms with Crippen molar-refractivity contribution in [2.45, 2.75) is 31.0 Å². The lowest BCUT2D eigenvalue weighted by molar-refractivity contribution is -0.119. The van der Waals surface area contributed by atoms with Gasteiger partial charge in [0.2, 0.25) is 5.91 Å². The zero-order valence-electron chi connectivity index (χ0n) is 16.5. The molecule has 1 aliphatic heterocycles. The quantitative estimate of drug-likeness (QED) is 0.636. The monoisotopic (exact) mass is 463 g/mol. The Hall–Kier alpha value is -2.82. The van der Waals surface area contributed by atoms with Gasteiger partial charge in [-0.3, -0.25) is 9.48 Å². The highest BCUT2D eigenvalue weighted by Gasteiger charge is 2.37. The number of aromatic nitrogens is 3. The summed E-state index contributed by atoms with van der Waals surface area (Å²) in [5, 5.41) is 8.38. The van der Waals surface area contributed by atoms with Gasteiger partial charge in [0.1, 0.15) is 11.5 Å². The average Bonchev–Trinajstić information content (AvgIpc) is 3.19. The molecule has 3 aromatic rings. The van der Waals surface area contributed by atoms with E-state index in [1.54, 1.807) is 30.5 Å². The largest absolute Gasteiger partial charge is 0.319 e. The standard InChI is InChI=1S/C20H19ClFN5O3S/c1-2-26-10-17(24-25-26)14-7-18-19(8-15(14)22)31(29,30)11-16(23)20(28)27(18)9-12-3-5-13(21)6-4-12/h3-8,10,16H,2,9,11,23H2,1H3/t16-/m0/s1. The summed E-state index contributed by atoms with van der Waals surface area (Å²) in [4.78, 5) is 14.0. The van der Waals surface area contributed by atoms with Crippen LogP contribution in [0.15, 0.2) is 47.5 Å². The molecule has 11 heteroatoms. The number of anilines is 1. The summed E-state index contributed by atoms with van der Waals surface area (Å²) in [7, 11) is -4.00. The highest BCUT2D eigenvalue weighted by molar-refractivity contribution is 7.91. The molecule has 0 radical (unpaired) electrons. The fourth-order valence-corrected chi connectivity index (χ4v) is 5.12. The molecule has 0 fully saturated rings. The van der Waals surface area contributed by atoms with Crippen molar-refractivity contribution >= 4 is 33.0 Å². The van der Waals surface area contributed by atoms with E-state index in [1.165, 1.54) is 15.6 Å². The fraction of sp³-hybridized carbons (Fsp3) is 0.250. The van der Waals surface area contributed by atoms with Gasteiger partial charge in [-0.15, -0.1) is 5.10 Å². The molecule has 2 heterocycles. The first-order chi connectivity index (χ1) is 14.7. The third kappa shape index (κ3) is 4.06.